The molecular weight excluding hydrogens is 334 g/mol. The van der Waals surface area contributed by atoms with Crippen LogP contribution in [-0.4, -0.2) is 23.1 Å². The van der Waals surface area contributed by atoms with E-state index in [-0.39, 0.29) is 10.6 Å². The van der Waals surface area contributed by atoms with Crippen molar-refractivity contribution in [2.75, 3.05) is 5.75 Å². The first-order valence-corrected chi connectivity index (χ1v) is 9.99. The molecular formula is C16H21NO4S2. The fourth-order valence-corrected chi connectivity index (χ4v) is 4.28. The zero-order valence-electron chi connectivity index (χ0n) is 13.4. The van der Waals surface area contributed by atoms with Crippen LogP contribution in [0.4, 0.5) is 0 Å². The van der Waals surface area contributed by atoms with Crippen molar-refractivity contribution in [3.63, 3.8) is 0 Å². The van der Waals surface area contributed by atoms with Crippen LogP contribution in [0.25, 0.3) is 0 Å². The highest BCUT2D eigenvalue weighted by Gasteiger charge is 2.29. The van der Waals surface area contributed by atoms with Crippen LogP contribution in [-0.2, 0) is 20.8 Å². The van der Waals surface area contributed by atoms with Crippen LogP contribution in [0.1, 0.15) is 32.6 Å². The third kappa shape index (κ3) is 4.76. The third-order valence-electron chi connectivity index (χ3n) is 3.18. The Bertz CT molecular complexity index is 747. The minimum absolute atomic E-state index is 0.230. The normalized spacial score (nSPS) is 15.3. The maximum atomic E-state index is 12.6. The summed E-state index contributed by atoms with van der Waals surface area (Å²) in [4.78, 5) is 0.236. The maximum absolute atomic E-state index is 12.6. The fourth-order valence-electron chi connectivity index (χ4n) is 1.91. The van der Waals surface area contributed by atoms with E-state index in [4.69, 9.17) is 4.42 Å². The third-order valence-corrected chi connectivity index (χ3v) is 6.55. The lowest BCUT2D eigenvalue weighted by molar-refractivity contribution is 0.462. The summed E-state index contributed by atoms with van der Waals surface area (Å²) in [5.41, 5.74) is 0. The Balaban J connectivity index is 2.27. The highest BCUT2D eigenvalue weighted by molar-refractivity contribution is 7.91. The number of nitrogens with one attached hydrogen (secondary N) is 1. The molecule has 126 valence electrons. The van der Waals surface area contributed by atoms with Crippen molar-refractivity contribution in [2.45, 2.75) is 36.5 Å². The number of sulfone groups is 1. The molecule has 5 nitrogen and oxygen atoms in total. The summed E-state index contributed by atoms with van der Waals surface area (Å²) in [6.07, 6.45) is 1.47. The molecule has 0 aliphatic carbocycles. The van der Waals surface area contributed by atoms with E-state index in [1.807, 2.05) is 20.8 Å². The van der Waals surface area contributed by atoms with Crippen LogP contribution >= 0.6 is 0 Å². The van der Waals surface area contributed by atoms with Gasteiger partial charge in [-0.05, 0) is 45.0 Å². The van der Waals surface area contributed by atoms with Gasteiger partial charge in [0, 0.05) is 0 Å². The topological polar surface area (TPSA) is 76.4 Å². The molecule has 1 aromatic heterocycles. The van der Waals surface area contributed by atoms with Crippen molar-refractivity contribution >= 4 is 20.8 Å². The molecule has 7 heteroatoms. The van der Waals surface area contributed by atoms with Gasteiger partial charge in [-0.3, -0.25) is 0 Å². The average molecular weight is 355 g/mol. The number of hydrogen-bond acceptors (Lipinski definition) is 4. The van der Waals surface area contributed by atoms with Crippen molar-refractivity contribution in [2.24, 2.45) is 0 Å². The lowest BCUT2D eigenvalue weighted by atomic mass is 10.3. The Labute approximate surface area is 139 Å². The molecule has 0 aliphatic heterocycles. The van der Waals surface area contributed by atoms with Crippen molar-refractivity contribution < 1.29 is 17.0 Å². The molecule has 0 bridgehead atoms. The second kappa shape index (κ2) is 6.98. The van der Waals surface area contributed by atoms with Gasteiger partial charge in [-0.1, -0.05) is 18.2 Å². The quantitative estimate of drug-likeness (QED) is 0.864. The molecule has 1 heterocycles. The maximum Gasteiger partial charge on any atom is 0.180 e. The first-order valence-electron chi connectivity index (χ1n) is 7.19. The summed E-state index contributed by atoms with van der Waals surface area (Å²) >= 11 is 0. The van der Waals surface area contributed by atoms with Gasteiger partial charge >= 0.3 is 0 Å². The number of rotatable bonds is 6. The second-order valence-corrected chi connectivity index (χ2v) is 10.2. The van der Waals surface area contributed by atoms with Gasteiger partial charge in [0.2, 0.25) is 0 Å². The fraction of sp³-hybridized carbons (Fsp3) is 0.375. The Morgan fingerprint density at radius 3 is 2.30 bits per heavy atom. The van der Waals surface area contributed by atoms with Gasteiger partial charge in [0.1, 0.15) is 5.76 Å². The molecule has 0 radical (unpaired) electrons. The van der Waals surface area contributed by atoms with Crippen molar-refractivity contribution in [3.8, 4) is 0 Å². The van der Waals surface area contributed by atoms with Crippen LogP contribution in [0, 0.1) is 0 Å². The Hall–Kier alpha value is -1.44. The first-order chi connectivity index (χ1) is 10.7. The van der Waals surface area contributed by atoms with E-state index >= 15 is 0 Å². The molecule has 1 aromatic carbocycles. The Morgan fingerprint density at radius 2 is 1.78 bits per heavy atom. The van der Waals surface area contributed by atoms with Gasteiger partial charge in [0.25, 0.3) is 0 Å². The van der Waals surface area contributed by atoms with Crippen LogP contribution in [0.2, 0.25) is 0 Å². The summed E-state index contributed by atoms with van der Waals surface area (Å²) in [6, 6.07) is 10.9. The van der Waals surface area contributed by atoms with E-state index in [1.165, 1.54) is 6.26 Å². The summed E-state index contributed by atoms with van der Waals surface area (Å²) in [5.74, 6) is 0.217. The molecule has 2 atom stereocenters. The first kappa shape index (κ1) is 17.9. The number of hydrogen-bond donors (Lipinski definition) is 1. The highest BCUT2D eigenvalue weighted by Crippen LogP contribution is 2.22. The van der Waals surface area contributed by atoms with Crippen molar-refractivity contribution in [1.82, 2.24) is 4.72 Å². The molecule has 0 saturated heterocycles. The SMILES string of the molecule is CC(C)(C)[S@](=O)N[C@@H](CS(=O)(=O)c1ccccc1)c1ccco1. The molecule has 0 fully saturated rings. The van der Waals surface area contributed by atoms with E-state index in [0.29, 0.717) is 5.76 Å². The van der Waals surface area contributed by atoms with Crippen LogP contribution in [0.5, 0.6) is 0 Å². The average Bonchev–Trinajstić information content (AvgIpc) is 3.00. The van der Waals surface area contributed by atoms with Gasteiger partial charge in [0.05, 0.1) is 38.7 Å². The largest absolute Gasteiger partial charge is 0.468 e. The summed E-state index contributed by atoms with van der Waals surface area (Å²) in [5, 5.41) is 0. The van der Waals surface area contributed by atoms with Crippen LogP contribution < -0.4 is 4.72 Å². The molecule has 23 heavy (non-hydrogen) atoms. The van der Waals surface area contributed by atoms with Gasteiger partial charge in [-0.15, -0.1) is 0 Å². The monoisotopic (exact) mass is 355 g/mol. The molecule has 2 rings (SSSR count). The smallest absolute Gasteiger partial charge is 0.180 e. The molecule has 0 unspecified atom stereocenters. The Morgan fingerprint density at radius 1 is 1.13 bits per heavy atom. The lowest BCUT2D eigenvalue weighted by Gasteiger charge is -2.23. The number of benzene rings is 1. The van der Waals surface area contributed by atoms with Gasteiger partial charge < -0.3 is 4.42 Å². The van der Waals surface area contributed by atoms with Gasteiger partial charge in [0.15, 0.2) is 9.84 Å². The second-order valence-electron chi connectivity index (χ2n) is 6.16. The predicted molar refractivity (Wildman–Crippen MR) is 91.0 cm³/mol. The minimum atomic E-state index is -3.53. The van der Waals surface area contributed by atoms with Crippen molar-refractivity contribution in [3.05, 3.63) is 54.5 Å². The van der Waals surface area contributed by atoms with E-state index in [9.17, 15) is 12.6 Å². The van der Waals surface area contributed by atoms with Crippen LogP contribution in [0.15, 0.2) is 58.0 Å². The molecule has 0 amide bonds. The predicted octanol–water partition coefficient (Wildman–Crippen LogP) is 2.85. The number of furan rings is 1. The van der Waals surface area contributed by atoms with Gasteiger partial charge in [-0.25, -0.2) is 17.3 Å². The molecule has 1 N–H and O–H groups in total. The van der Waals surface area contributed by atoms with E-state index < -0.39 is 31.6 Å². The minimum Gasteiger partial charge on any atom is -0.468 e. The lowest BCUT2D eigenvalue weighted by Crippen LogP contribution is -2.38. The zero-order chi connectivity index (χ0) is 17.1. The molecule has 0 spiro atoms. The molecule has 2 aromatic rings. The summed E-state index contributed by atoms with van der Waals surface area (Å²) < 4.78 is 45.2. The summed E-state index contributed by atoms with van der Waals surface area (Å²) in [6.45, 7) is 5.46. The molecule has 0 saturated carbocycles. The summed E-state index contributed by atoms with van der Waals surface area (Å²) in [7, 11) is -4.95. The van der Waals surface area contributed by atoms with Crippen molar-refractivity contribution in [1.29, 1.82) is 0 Å². The van der Waals surface area contributed by atoms with Gasteiger partial charge in [-0.2, -0.15) is 0 Å². The zero-order valence-corrected chi connectivity index (χ0v) is 15.0. The highest BCUT2D eigenvalue weighted by atomic mass is 32.2. The van der Waals surface area contributed by atoms with E-state index in [2.05, 4.69) is 4.72 Å². The van der Waals surface area contributed by atoms with Crippen LogP contribution in [0.3, 0.4) is 0 Å². The van der Waals surface area contributed by atoms with E-state index in [0.717, 1.165) is 0 Å². The molecule has 0 aliphatic rings. The standard InChI is InChI=1S/C16H21NO4S2/c1-16(2,3)22(18)17-14(15-10-7-11-21-15)12-23(19,20)13-8-5-4-6-9-13/h4-11,14,17H,12H2,1-3H3/t14-,22-/m0/s1. The Kier molecular flexibility index (Phi) is 5.44. The van der Waals surface area contributed by atoms with E-state index in [1.54, 1.807) is 42.5 Å².